The molecule has 1 saturated heterocycles. The Morgan fingerprint density at radius 1 is 1.05 bits per heavy atom. The molecule has 0 radical (unpaired) electrons. The summed E-state index contributed by atoms with van der Waals surface area (Å²) in [5.41, 5.74) is 3.01. The number of carbonyl (C=O) groups excluding carboxylic acids is 2. The maximum Gasteiger partial charge on any atom is 0.416 e. The zero-order chi connectivity index (χ0) is 29.8. The fourth-order valence-corrected chi connectivity index (χ4v) is 6.17. The molecule has 3 aliphatic heterocycles. The highest BCUT2D eigenvalue weighted by molar-refractivity contribution is 6.31. The summed E-state index contributed by atoms with van der Waals surface area (Å²) in [6, 6.07) is 12.4. The highest BCUT2D eigenvalue weighted by Crippen LogP contribution is 2.45. The van der Waals surface area contributed by atoms with Gasteiger partial charge in [0.25, 0.3) is 5.91 Å². The van der Waals surface area contributed by atoms with Crippen molar-refractivity contribution in [3.63, 3.8) is 0 Å². The van der Waals surface area contributed by atoms with Gasteiger partial charge in [0, 0.05) is 49.4 Å². The van der Waals surface area contributed by atoms with Crippen LogP contribution in [0, 0.1) is 11.7 Å². The molecule has 1 aliphatic carbocycles. The highest BCUT2D eigenvalue weighted by Gasteiger charge is 2.43. The number of nitrogens with zero attached hydrogens (tertiary/aromatic N) is 2. The van der Waals surface area contributed by atoms with E-state index >= 15 is 0 Å². The molecule has 0 aromatic heterocycles. The van der Waals surface area contributed by atoms with Crippen molar-refractivity contribution < 1.29 is 28.2 Å². The quantitative estimate of drug-likeness (QED) is 0.466. The van der Waals surface area contributed by atoms with E-state index in [0.717, 1.165) is 44.1 Å². The number of amides is 2. The molecule has 43 heavy (non-hydrogen) atoms. The predicted octanol–water partition coefficient (Wildman–Crippen LogP) is 4.13. The molecule has 3 unspecified atom stereocenters. The Hall–Kier alpha value is -3.86. The summed E-state index contributed by atoms with van der Waals surface area (Å²) in [6.07, 6.45) is 6.11. The van der Waals surface area contributed by atoms with E-state index in [0.29, 0.717) is 30.3 Å². The summed E-state index contributed by atoms with van der Waals surface area (Å²) < 4.78 is 30.2. The number of hydrogen-bond acceptors (Lipinski definition) is 7. The lowest BCUT2D eigenvalue weighted by Crippen LogP contribution is -2.43. The fraction of sp³-hybridized carbons (Fsp3) is 0.375. The van der Waals surface area contributed by atoms with Gasteiger partial charge in [-0.3, -0.25) is 14.6 Å². The molecule has 226 valence electrons. The maximum absolute atomic E-state index is 13.5. The zero-order valence-electron chi connectivity index (χ0n) is 23.6. The third-order valence-electron chi connectivity index (χ3n) is 8.14. The molecule has 9 nitrogen and oxygen atoms in total. The van der Waals surface area contributed by atoms with Crippen molar-refractivity contribution in [2.75, 3.05) is 52.5 Å². The van der Waals surface area contributed by atoms with Crippen molar-refractivity contribution in [1.29, 1.82) is 0 Å². The van der Waals surface area contributed by atoms with Crippen LogP contribution in [-0.2, 0) is 9.53 Å². The number of hydrogen-bond donors (Lipinski definition) is 2. The number of morpholine rings is 1. The minimum atomic E-state index is -0.530. The Morgan fingerprint density at radius 3 is 2.56 bits per heavy atom. The number of nitrogens with one attached hydrogen (secondary N) is 2. The highest BCUT2D eigenvalue weighted by atomic mass is 35.5. The smallest absolute Gasteiger partial charge is 0.416 e. The molecular weight excluding hydrogens is 575 g/mol. The normalized spacial score (nSPS) is 23.2. The van der Waals surface area contributed by atoms with Crippen molar-refractivity contribution in [2.45, 2.75) is 18.5 Å². The SMILES string of the molecule is O=C(COc1ccc(C2C3=C(CCN2C(=O)Oc2ccc(F)cc2)C2C=C(Cl)C=CC2N3)cc1)NCCN1CCOCC1. The van der Waals surface area contributed by atoms with Crippen LogP contribution in [0.15, 0.2) is 83.1 Å². The molecule has 3 heterocycles. The molecule has 1 fully saturated rings. The molecular formula is C32H34ClFN4O5. The number of benzene rings is 2. The van der Waals surface area contributed by atoms with Gasteiger partial charge in [-0.25, -0.2) is 9.18 Å². The van der Waals surface area contributed by atoms with Crippen molar-refractivity contribution in [2.24, 2.45) is 5.92 Å². The van der Waals surface area contributed by atoms with Crippen LogP contribution in [0.2, 0.25) is 0 Å². The van der Waals surface area contributed by atoms with Gasteiger partial charge in [0.15, 0.2) is 6.61 Å². The lowest BCUT2D eigenvalue weighted by Gasteiger charge is -2.37. The van der Waals surface area contributed by atoms with E-state index in [1.807, 2.05) is 30.4 Å². The minimum absolute atomic E-state index is 0.0486. The molecule has 6 rings (SSSR count). The Labute approximate surface area is 254 Å². The summed E-state index contributed by atoms with van der Waals surface area (Å²) in [5, 5.41) is 7.20. The van der Waals surface area contributed by atoms with Gasteiger partial charge >= 0.3 is 6.09 Å². The van der Waals surface area contributed by atoms with Gasteiger partial charge in [-0.05, 0) is 60.0 Å². The number of fused-ring (bicyclic) bond motifs is 2. The molecule has 4 aliphatic rings. The van der Waals surface area contributed by atoms with Gasteiger partial charge < -0.3 is 24.8 Å². The van der Waals surface area contributed by atoms with Crippen LogP contribution < -0.4 is 20.1 Å². The zero-order valence-corrected chi connectivity index (χ0v) is 24.4. The van der Waals surface area contributed by atoms with Crippen LogP contribution in [0.1, 0.15) is 18.0 Å². The number of carbonyl (C=O) groups is 2. The monoisotopic (exact) mass is 608 g/mol. The molecule has 2 amide bonds. The van der Waals surface area contributed by atoms with Crippen molar-refractivity contribution in [1.82, 2.24) is 20.4 Å². The van der Waals surface area contributed by atoms with Crippen molar-refractivity contribution >= 4 is 23.6 Å². The Bertz CT molecular complexity index is 1420. The molecule has 0 bridgehead atoms. The number of ether oxygens (including phenoxy) is 3. The van der Waals surface area contributed by atoms with Gasteiger partial charge in [-0.1, -0.05) is 35.9 Å². The second-order valence-electron chi connectivity index (χ2n) is 10.9. The van der Waals surface area contributed by atoms with E-state index in [9.17, 15) is 14.0 Å². The van der Waals surface area contributed by atoms with Gasteiger partial charge in [-0.15, -0.1) is 0 Å². The Balaban J connectivity index is 1.14. The minimum Gasteiger partial charge on any atom is -0.484 e. The standard InChI is InChI=1S/C32H34ClFN4O5/c33-22-3-10-28-27(19-22)26-11-13-38(32(40)43-25-8-4-23(34)5-9-25)31(30(26)36-28)21-1-6-24(7-2-21)42-20-29(39)35-12-14-37-15-17-41-18-16-37/h1-10,19,27-28,31,36H,11-18,20H2,(H,35,39). The predicted molar refractivity (Wildman–Crippen MR) is 159 cm³/mol. The van der Waals surface area contributed by atoms with Gasteiger partial charge in [-0.2, -0.15) is 0 Å². The van der Waals surface area contributed by atoms with Gasteiger partial charge in [0.05, 0.1) is 19.3 Å². The number of halogens is 2. The van der Waals surface area contributed by atoms with Crippen LogP contribution in [0.25, 0.3) is 0 Å². The first-order valence-corrected chi connectivity index (χ1v) is 14.9. The van der Waals surface area contributed by atoms with Crippen LogP contribution in [-0.4, -0.2) is 80.4 Å². The molecule has 2 aromatic carbocycles. The van der Waals surface area contributed by atoms with E-state index in [1.165, 1.54) is 29.8 Å². The van der Waals surface area contributed by atoms with E-state index in [-0.39, 0.29) is 30.2 Å². The molecule has 3 atom stereocenters. The van der Waals surface area contributed by atoms with E-state index < -0.39 is 18.0 Å². The lowest BCUT2D eigenvalue weighted by molar-refractivity contribution is -0.123. The third kappa shape index (κ3) is 6.87. The Kier molecular flexibility index (Phi) is 8.97. The van der Waals surface area contributed by atoms with Gasteiger partial charge in [0.1, 0.15) is 23.4 Å². The van der Waals surface area contributed by atoms with Crippen LogP contribution >= 0.6 is 11.6 Å². The first-order chi connectivity index (χ1) is 20.9. The fourth-order valence-electron chi connectivity index (χ4n) is 5.96. The molecule has 0 spiro atoms. The average molecular weight is 609 g/mol. The van der Waals surface area contributed by atoms with Crippen molar-refractivity contribution in [3.8, 4) is 11.5 Å². The summed E-state index contributed by atoms with van der Waals surface area (Å²) in [5.74, 6) is 0.322. The number of rotatable bonds is 8. The van der Waals surface area contributed by atoms with Crippen LogP contribution in [0.5, 0.6) is 11.5 Å². The molecule has 2 N–H and O–H groups in total. The average Bonchev–Trinajstić information content (AvgIpc) is 3.39. The summed E-state index contributed by atoms with van der Waals surface area (Å²) >= 11 is 6.34. The summed E-state index contributed by atoms with van der Waals surface area (Å²) in [6.45, 7) is 4.85. The molecule has 2 aromatic rings. The van der Waals surface area contributed by atoms with Crippen molar-refractivity contribution in [3.05, 3.63) is 94.4 Å². The maximum atomic E-state index is 13.5. The molecule has 0 saturated carbocycles. The Morgan fingerprint density at radius 2 is 1.79 bits per heavy atom. The van der Waals surface area contributed by atoms with E-state index in [2.05, 4.69) is 15.5 Å². The summed E-state index contributed by atoms with van der Waals surface area (Å²) in [4.78, 5) is 29.7. The first kappa shape index (κ1) is 29.2. The molecule has 11 heteroatoms. The first-order valence-electron chi connectivity index (χ1n) is 14.5. The number of allylic oxidation sites excluding steroid dienone is 2. The topological polar surface area (TPSA) is 92.4 Å². The third-order valence-corrected chi connectivity index (χ3v) is 8.39. The largest absolute Gasteiger partial charge is 0.484 e. The van der Waals surface area contributed by atoms with Crippen LogP contribution in [0.3, 0.4) is 0 Å². The van der Waals surface area contributed by atoms with E-state index in [4.69, 9.17) is 25.8 Å². The van der Waals surface area contributed by atoms with E-state index in [1.54, 1.807) is 17.0 Å². The van der Waals surface area contributed by atoms with Gasteiger partial charge in [0.2, 0.25) is 0 Å². The summed E-state index contributed by atoms with van der Waals surface area (Å²) in [7, 11) is 0. The lowest BCUT2D eigenvalue weighted by atomic mass is 9.85. The second kappa shape index (κ2) is 13.2. The second-order valence-corrected chi connectivity index (χ2v) is 11.3. The van der Waals surface area contributed by atoms with Crippen LogP contribution in [0.4, 0.5) is 9.18 Å².